The maximum Gasteiger partial charge on any atom is 0.00925 e. The molecule has 0 aliphatic carbocycles. The van der Waals surface area contributed by atoms with Crippen LogP contribution in [0.5, 0.6) is 0 Å². The van der Waals surface area contributed by atoms with Gasteiger partial charge in [0.15, 0.2) is 0 Å². The quantitative estimate of drug-likeness (QED) is 0.772. The standard InChI is InChI=1S/C15H32N2/c1-13-7-5-11-17(14(13)2)12-6-8-15(3,4)9-10-16/h13-14H,5-12,16H2,1-4H3. The van der Waals surface area contributed by atoms with Crippen molar-refractivity contribution in [1.29, 1.82) is 0 Å². The van der Waals surface area contributed by atoms with E-state index in [0.29, 0.717) is 5.41 Å². The Morgan fingerprint density at radius 3 is 2.59 bits per heavy atom. The van der Waals surface area contributed by atoms with Crippen LogP contribution >= 0.6 is 0 Å². The minimum absolute atomic E-state index is 0.430. The van der Waals surface area contributed by atoms with Crippen molar-refractivity contribution >= 4 is 0 Å². The Hall–Kier alpha value is -0.0800. The van der Waals surface area contributed by atoms with Crippen LogP contribution in [0.3, 0.4) is 0 Å². The fourth-order valence-electron chi connectivity index (χ4n) is 3.01. The van der Waals surface area contributed by atoms with Gasteiger partial charge in [-0.05, 0) is 70.0 Å². The third kappa shape index (κ3) is 4.97. The molecular formula is C15H32N2. The van der Waals surface area contributed by atoms with Crippen LogP contribution in [0, 0.1) is 11.3 Å². The van der Waals surface area contributed by atoms with Gasteiger partial charge in [0.05, 0.1) is 0 Å². The highest BCUT2D eigenvalue weighted by molar-refractivity contribution is 4.79. The summed E-state index contributed by atoms with van der Waals surface area (Å²) in [6, 6.07) is 0.779. The van der Waals surface area contributed by atoms with Crippen LogP contribution in [0.2, 0.25) is 0 Å². The first-order chi connectivity index (χ1) is 7.96. The molecule has 1 fully saturated rings. The van der Waals surface area contributed by atoms with Gasteiger partial charge in [-0.2, -0.15) is 0 Å². The third-order valence-corrected chi connectivity index (χ3v) is 4.62. The van der Waals surface area contributed by atoms with Gasteiger partial charge in [-0.15, -0.1) is 0 Å². The summed E-state index contributed by atoms with van der Waals surface area (Å²) < 4.78 is 0. The summed E-state index contributed by atoms with van der Waals surface area (Å²) in [5.41, 5.74) is 6.09. The second kappa shape index (κ2) is 6.75. The van der Waals surface area contributed by atoms with Gasteiger partial charge in [-0.1, -0.05) is 20.8 Å². The van der Waals surface area contributed by atoms with Gasteiger partial charge in [0.2, 0.25) is 0 Å². The number of hydrogen-bond acceptors (Lipinski definition) is 2. The summed E-state index contributed by atoms with van der Waals surface area (Å²) in [4.78, 5) is 2.69. The Morgan fingerprint density at radius 1 is 1.24 bits per heavy atom. The van der Waals surface area contributed by atoms with Gasteiger partial charge >= 0.3 is 0 Å². The van der Waals surface area contributed by atoms with E-state index in [4.69, 9.17) is 5.73 Å². The lowest BCUT2D eigenvalue weighted by atomic mass is 9.84. The lowest BCUT2D eigenvalue weighted by Gasteiger charge is -2.38. The molecule has 2 nitrogen and oxygen atoms in total. The van der Waals surface area contributed by atoms with Crippen LogP contribution < -0.4 is 5.73 Å². The molecule has 0 saturated carbocycles. The first-order valence-corrected chi connectivity index (χ1v) is 7.40. The first kappa shape index (κ1) is 15.0. The molecular weight excluding hydrogens is 208 g/mol. The molecule has 0 amide bonds. The van der Waals surface area contributed by atoms with Gasteiger partial charge in [-0.3, -0.25) is 0 Å². The number of rotatable bonds is 6. The average Bonchev–Trinajstić information content (AvgIpc) is 2.24. The first-order valence-electron chi connectivity index (χ1n) is 7.40. The van der Waals surface area contributed by atoms with Gasteiger partial charge < -0.3 is 10.6 Å². The maximum atomic E-state index is 5.66. The van der Waals surface area contributed by atoms with Crippen molar-refractivity contribution in [3.8, 4) is 0 Å². The van der Waals surface area contributed by atoms with E-state index in [1.807, 2.05) is 0 Å². The molecule has 2 heteroatoms. The fraction of sp³-hybridized carbons (Fsp3) is 1.00. The maximum absolute atomic E-state index is 5.66. The third-order valence-electron chi connectivity index (χ3n) is 4.62. The second-order valence-corrected chi connectivity index (χ2v) is 6.70. The van der Waals surface area contributed by atoms with Gasteiger partial charge in [0.25, 0.3) is 0 Å². The summed E-state index contributed by atoms with van der Waals surface area (Å²) in [7, 11) is 0. The fourth-order valence-corrected chi connectivity index (χ4v) is 3.01. The zero-order chi connectivity index (χ0) is 12.9. The van der Waals surface area contributed by atoms with Crippen molar-refractivity contribution in [3.63, 3.8) is 0 Å². The molecule has 2 atom stereocenters. The van der Waals surface area contributed by atoms with Crippen LogP contribution in [0.1, 0.15) is 59.8 Å². The van der Waals surface area contributed by atoms with E-state index in [1.165, 1.54) is 38.8 Å². The van der Waals surface area contributed by atoms with Crippen molar-refractivity contribution < 1.29 is 0 Å². The highest BCUT2D eigenvalue weighted by Crippen LogP contribution is 2.28. The zero-order valence-electron chi connectivity index (χ0n) is 12.3. The second-order valence-electron chi connectivity index (χ2n) is 6.70. The number of likely N-dealkylation sites (tertiary alicyclic amines) is 1. The molecule has 1 aliphatic heterocycles. The Labute approximate surface area is 108 Å². The van der Waals surface area contributed by atoms with Crippen molar-refractivity contribution in [2.24, 2.45) is 17.1 Å². The summed E-state index contributed by atoms with van der Waals surface area (Å²) in [6.07, 6.45) is 6.58. The van der Waals surface area contributed by atoms with Crippen LogP contribution in [0.4, 0.5) is 0 Å². The molecule has 0 aromatic heterocycles. The normalized spacial score (nSPS) is 27.4. The van der Waals surface area contributed by atoms with Crippen molar-refractivity contribution in [2.45, 2.75) is 65.8 Å². The van der Waals surface area contributed by atoms with Crippen LogP contribution in [-0.4, -0.2) is 30.6 Å². The van der Waals surface area contributed by atoms with Crippen LogP contribution in [-0.2, 0) is 0 Å². The van der Waals surface area contributed by atoms with E-state index in [2.05, 4.69) is 32.6 Å². The largest absolute Gasteiger partial charge is 0.330 e. The molecule has 1 rings (SSSR count). The molecule has 0 aromatic rings. The van der Waals surface area contributed by atoms with E-state index in [9.17, 15) is 0 Å². The number of nitrogens with zero attached hydrogens (tertiary/aromatic N) is 1. The Morgan fingerprint density at radius 2 is 1.94 bits per heavy atom. The van der Waals surface area contributed by atoms with E-state index in [0.717, 1.165) is 24.9 Å². The molecule has 0 spiro atoms. The Bertz CT molecular complexity index is 213. The SMILES string of the molecule is CC1CCCN(CCCC(C)(C)CCN)C1C. The molecule has 17 heavy (non-hydrogen) atoms. The Balaban J connectivity index is 2.26. The highest BCUT2D eigenvalue weighted by atomic mass is 15.2. The molecule has 0 bridgehead atoms. The van der Waals surface area contributed by atoms with Crippen molar-refractivity contribution in [3.05, 3.63) is 0 Å². The monoisotopic (exact) mass is 240 g/mol. The molecule has 1 heterocycles. The summed E-state index contributed by atoms with van der Waals surface area (Å²) in [5, 5.41) is 0. The number of nitrogens with two attached hydrogens (primary N) is 1. The molecule has 0 aromatic carbocycles. The topological polar surface area (TPSA) is 29.3 Å². The van der Waals surface area contributed by atoms with E-state index in [-0.39, 0.29) is 0 Å². The van der Waals surface area contributed by atoms with Crippen LogP contribution in [0.15, 0.2) is 0 Å². The predicted molar refractivity (Wildman–Crippen MR) is 76.1 cm³/mol. The molecule has 1 aliphatic rings. The molecule has 2 N–H and O–H groups in total. The zero-order valence-corrected chi connectivity index (χ0v) is 12.3. The molecule has 2 unspecified atom stereocenters. The smallest absolute Gasteiger partial charge is 0.00925 e. The summed E-state index contributed by atoms with van der Waals surface area (Å²) >= 11 is 0. The molecule has 0 radical (unpaired) electrons. The van der Waals surface area contributed by atoms with E-state index >= 15 is 0 Å². The van der Waals surface area contributed by atoms with E-state index < -0.39 is 0 Å². The minimum atomic E-state index is 0.430. The lowest BCUT2D eigenvalue weighted by molar-refractivity contribution is 0.107. The highest BCUT2D eigenvalue weighted by Gasteiger charge is 2.24. The van der Waals surface area contributed by atoms with Crippen molar-refractivity contribution in [1.82, 2.24) is 4.90 Å². The summed E-state index contributed by atoms with van der Waals surface area (Å²) in [6.45, 7) is 12.9. The van der Waals surface area contributed by atoms with Crippen molar-refractivity contribution in [2.75, 3.05) is 19.6 Å². The van der Waals surface area contributed by atoms with E-state index in [1.54, 1.807) is 0 Å². The lowest BCUT2D eigenvalue weighted by Crippen LogP contribution is -2.42. The minimum Gasteiger partial charge on any atom is -0.330 e. The molecule has 102 valence electrons. The Kier molecular flexibility index (Phi) is 5.94. The molecule has 1 saturated heterocycles. The number of hydrogen-bond donors (Lipinski definition) is 1. The van der Waals surface area contributed by atoms with Gasteiger partial charge in [0.1, 0.15) is 0 Å². The summed E-state index contributed by atoms with van der Waals surface area (Å²) in [5.74, 6) is 0.876. The van der Waals surface area contributed by atoms with Gasteiger partial charge in [-0.25, -0.2) is 0 Å². The van der Waals surface area contributed by atoms with Gasteiger partial charge in [0, 0.05) is 6.04 Å². The van der Waals surface area contributed by atoms with Crippen LogP contribution in [0.25, 0.3) is 0 Å². The predicted octanol–water partition coefficient (Wildman–Crippen LogP) is 3.26. The number of piperidine rings is 1. The average molecular weight is 240 g/mol.